The fraction of sp³-hybridized carbons (Fsp3) is 0.550. The van der Waals surface area contributed by atoms with Crippen LogP contribution in [0.1, 0.15) is 26.3 Å². The summed E-state index contributed by atoms with van der Waals surface area (Å²) in [6.45, 7) is 4.55. The van der Waals surface area contributed by atoms with E-state index in [0.717, 1.165) is 26.3 Å². The quantitative estimate of drug-likeness (QED) is 0.301. The van der Waals surface area contributed by atoms with Crippen LogP contribution >= 0.6 is 0 Å². The van der Waals surface area contributed by atoms with Gasteiger partial charge < -0.3 is 23.7 Å². The highest BCUT2D eigenvalue weighted by Crippen LogP contribution is 2.30. The van der Waals surface area contributed by atoms with Gasteiger partial charge in [0.1, 0.15) is 6.10 Å². The van der Waals surface area contributed by atoms with Crippen LogP contribution in [0.15, 0.2) is 29.2 Å². The third-order valence-corrected chi connectivity index (χ3v) is 5.72. The Morgan fingerprint density at radius 2 is 1.38 bits per heavy atom. The highest BCUT2D eigenvalue weighted by molar-refractivity contribution is 7.86. The molecule has 1 aliphatic heterocycles. The molecule has 178 valence electrons. The number of benzene rings is 1. The van der Waals surface area contributed by atoms with Crippen LogP contribution in [0, 0.1) is 6.92 Å². The Hall–Kier alpha value is -2.54. The zero-order valence-corrected chi connectivity index (χ0v) is 19.1. The fourth-order valence-electron chi connectivity index (χ4n) is 3.11. The summed E-state index contributed by atoms with van der Waals surface area (Å²) in [5.74, 6) is -2.25. The number of esters is 3. The maximum atomic E-state index is 12.6. The van der Waals surface area contributed by atoms with Crippen molar-refractivity contribution in [3.63, 3.8) is 0 Å². The minimum Gasteiger partial charge on any atom is -0.456 e. The molecule has 0 N–H and O–H groups in total. The summed E-state index contributed by atoms with van der Waals surface area (Å²) in [6.07, 6.45) is -6.46. The van der Waals surface area contributed by atoms with Crippen LogP contribution in [0.25, 0.3) is 0 Å². The van der Waals surface area contributed by atoms with Crippen LogP contribution in [-0.4, -0.2) is 70.7 Å². The lowest BCUT2D eigenvalue weighted by Crippen LogP contribution is -2.62. The van der Waals surface area contributed by atoms with Gasteiger partial charge in [-0.05, 0) is 19.1 Å². The molecule has 1 aromatic carbocycles. The number of methoxy groups -OCH3 is 1. The standard InChI is InChI=1S/C20H26O11S/c1-11-6-8-15(9-7-11)32(24,25)27-10-16-17(28-12(2)21)18(29-13(3)22)19(30-14(4)23)20(26-5)31-16/h6-9,16-20H,10H2,1-5H3/t16-,17-,18+,19+,20-/m1/s1. The highest BCUT2D eigenvalue weighted by atomic mass is 32.2. The first-order valence-corrected chi connectivity index (χ1v) is 11.0. The second-order valence-electron chi connectivity index (χ2n) is 7.05. The zero-order chi connectivity index (χ0) is 24.1. The number of carbonyl (C=O) groups is 3. The van der Waals surface area contributed by atoms with Crippen LogP contribution in [-0.2, 0) is 52.4 Å². The van der Waals surface area contributed by atoms with Gasteiger partial charge in [0.05, 0.1) is 11.5 Å². The van der Waals surface area contributed by atoms with Crippen molar-refractivity contribution in [2.24, 2.45) is 0 Å². The Morgan fingerprint density at radius 1 is 0.875 bits per heavy atom. The molecule has 12 heteroatoms. The van der Waals surface area contributed by atoms with E-state index in [-0.39, 0.29) is 4.90 Å². The minimum atomic E-state index is -4.18. The molecule has 0 radical (unpaired) electrons. The van der Waals surface area contributed by atoms with Gasteiger partial charge in [-0.15, -0.1) is 0 Å². The Labute approximate surface area is 186 Å². The van der Waals surface area contributed by atoms with E-state index in [4.69, 9.17) is 27.9 Å². The predicted octanol–water partition coefficient (Wildman–Crippen LogP) is 0.867. The van der Waals surface area contributed by atoms with Gasteiger partial charge in [0.25, 0.3) is 10.1 Å². The number of aryl methyl sites for hydroxylation is 1. The molecular formula is C20H26O11S. The van der Waals surface area contributed by atoms with Crippen molar-refractivity contribution in [2.75, 3.05) is 13.7 Å². The van der Waals surface area contributed by atoms with Crippen LogP contribution < -0.4 is 0 Å². The summed E-state index contributed by atoms with van der Waals surface area (Å²) in [7, 11) is -2.93. The lowest BCUT2D eigenvalue weighted by molar-refractivity contribution is -0.300. The van der Waals surface area contributed by atoms with Gasteiger partial charge in [0.2, 0.25) is 0 Å². The van der Waals surface area contributed by atoms with Gasteiger partial charge in [0.15, 0.2) is 24.6 Å². The molecule has 0 amide bonds. The number of rotatable bonds is 8. The largest absolute Gasteiger partial charge is 0.456 e. The molecule has 0 aliphatic carbocycles. The smallest absolute Gasteiger partial charge is 0.303 e. The highest BCUT2D eigenvalue weighted by Gasteiger charge is 2.52. The first-order valence-electron chi connectivity index (χ1n) is 9.60. The maximum Gasteiger partial charge on any atom is 0.303 e. The monoisotopic (exact) mass is 474 g/mol. The normalized spacial score (nSPS) is 25.6. The van der Waals surface area contributed by atoms with Crippen LogP contribution in [0.3, 0.4) is 0 Å². The van der Waals surface area contributed by atoms with Crippen molar-refractivity contribution in [1.29, 1.82) is 0 Å². The molecule has 1 saturated heterocycles. The van der Waals surface area contributed by atoms with Crippen molar-refractivity contribution in [1.82, 2.24) is 0 Å². The molecule has 0 unspecified atom stereocenters. The Bertz CT molecular complexity index is 925. The van der Waals surface area contributed by atoms with E-state index < -0.39 is 65.3 Å². The molecule has 11 nitrogen and oxygen atoms in total. The predicted molar refractivity (Wildman–Crippen MR) is 107 cm³/mol. The average Bonchev–Trinajstić information content (AvgIpc) is 2.69. The lowest BCUT2D eigenvalue weighted by Gasteiger charge is -2.43. The summed E-state index contributed by atoms with van der Waals surface area (Å²) >= 11 is 0. The van der Waals surface area contributed by atoms with Crippen molar-refractivity contribution in [3.05, 3.63) is 29.8 Å². The number of hydrogen-bond acceptors (Lipinski definition) is 11. The minimum absolute atomic E-state index is 0.0828. The van der Waals surface area contributed by atoms with E-state index in [2.05, 4.69) is 0 Å². The third kappa shape index (κ3) is 6.73. The van der Waals surface area contributed by atoms with E-state index in [1.165, 1.54) is 19.2 Å². The summed E-state index contributed by atoms with van der Waals surface area (Å²) in [4.78, 5) is 34.9. The summed E-state index contributed by atoms with van der Waals surface area (Å²) in [6, 6.07) is 5.98. The van der Waals surface area contributed by atoms with Gasteiger partial charge in [-0.3, -0.25) is 18.6 Å². The summed E-state index contributed by atoms with van der Waals surface area (Å²) in [5, 5.41) is 0. The van der Waals surface area contributed by atoms with E-state index >= 15 is 0 Å². The SMILES string of the molecule is CO[C@@H]1O[C@H](COS(=O)(=O)c2ccc(C)cc2)[C@@H](OC(C)=O)[C@H](OC(C)=O)[C@@H]1OC(C)=O. The molecule has 0 bridgehead atoms. The van der Waals surface area contributed by atoms with Crippen LogP contribution in [0.2, 0.25) is 0 Å². The van der Waals surface area contributed by atoms with Crippen LogP contribution in [0.4, 0.5) is 0 Å². The second kappa shape index (κ2) is 10.9. The van der Waals surface area contributed by atoms with E-state index in [9.17, 15) is 22.8 Å². The Kier molecular flexibility index (Phi) is 8.73. The van der Waals surface area contributed by atoms with Crippen molar-refractivity contribution < 1.29 is 50.7 Å². The first kappa shape index (κ1) is 25.7. The van der Waals surface area contributed by atoms with Gasteiger partial charge in [0, 0.05) is 27.9 Å². The number of ether oxygens (including phenoxy) is 5. The van der Waals surface area contributed by atoms with Gasteiger partial charge in [-0.2, -0.15) is 8.42 Å². The average molecular weight is 474 g/mol. The molecule has 5 atom stereocenters. The molecule has 32 heavy (non-hydrogen) atoms. The molecule has 2 rings (SSSR count). The van der Waals surface area contributed by atoms with E-state index in [1.54, 1.807) is 19.1 Å². The maximum absolute atomic E-state index is 12.6. The summed E-state index contributed by atoms with van der Waals surface area (Å²) < 4.78 is 56.8. The molecular weight excluding hydrogens is 448 g/mol. The van der Waals surface area contributed by atoms with Crippen molar-refractivity contribution in [3.8, 4) is 0 Å². The second-order valence-corrected chi connectivity index (χ2v) is 8.67. The van der Waals surface area contributed by atoms with E-state index in [1.807, 2.05) is 0 Å². The number of carbonyl (C=O) groups excluding carboxylic acids is 3. The molecule has 0 saturated carbocycles. The Morgan fingerprint density at radius 3 is 1.88 bits per heavy atom. The van der Waals surface area contributed by atoms with Crippen molar-refractivity contribution >= 4 is 28.0 Å². The van der Waals surface area contributed by atoms with Crippen molar-refractivity contribution in [2.45, 2.75) is 63.3 Å². The van der Waals surface area contributed by atoms with Gasteiger partial charge >= 0.3 is 17.9 Å². The van der Waals surface area contributed by atoms with E-state index in [0.29, 0.717) is 0 Å². The topological polar surface area (TPSA) is 141 Å². The fourth-order valence-corrected chi connectivity index (χ4v) is 4.03. The number of hydrogen-bond donors (Lipinski definition) is 0. The lowest BCUT2D eigenvalue weighted by atomic mass is 9.98. The zero-order valence-electron chi connectivity index (χ0n) is 18.3. The van der Waals surface area contributed by atoms with Gasteiger partial charge in [-0.1, -0.05) is 17.7 Å². The molecule has 1 aromatic rings. The van der Waals surface area contributed by atoms with Crippen LogP contribution in [0.5, 0.6) is 0 Å². The molecule has 0 aromatic heterocycles. The summed E-state index contributed by atoms with van der Waals surface area (Å²) in [5.41, 5.74) is 0.859. The molecule has 1 aliphatic rings. The first-order chi connectivity index (χ1) is 14.9. The molecule has 0 spiro atoms. The molecule has 1 fully saturated rings. The van der Waals surface area contributed by atoms with Gasteiger partial charge in [-0.25, -0.2) is 0 Å². The third-order valence-electron chi connectivity index (χ3n) is 4.43. The Balaban J connectivity index is 2.33. The molecule has 1 heterocycles.